The number of furan rings is 1. The Bertz CT molecular complexity index is 695. The van der Waals surface area contributed by atoms with E-state index in [0.29, 0.717) is 35.4 Å². The molecule has 0 bridgehead atoms. The van der Waals surface area contributed by atoms with Gasteiger partial charge < -0.3 is 19.2 Å². The Labute approximate surface area is 146 Å². The molecule has 1 aromatic heterocycles. The van der Waals surface area contributed by atoms with Crippen LogP contribution in [0.3, 0.4) is 0 Å². The molecule has 0 atom stereocenters. The Morgan fingerprint density at radius 3 is 2.92 bits per heavy atom. The Hall–Kier alpha value is -2.40. The molecular formula is C18H20ClNO4. The van der Waals surface area contributed by atoms with Crippen LogP contribution in [-0.4, -0.2) is 19.6 Å². The summed E-state index contributed by atoms with van der Waals surface area (Å²) in [5, 5.41) is 3.17. The average molecular weight is 350 g/mol. The Morgan fingerprint density at radius 2 is 2.25 bits per heavy atom. The first-order valence-electron chi connectivity index (χ1n) is 7.62. The predicted octanol–water partition coefficient (Wildman–Crippen LogP) is 4.06. The number of hydrogen-bond donors (Lipinski definition) is 1. The fourth-order valence-electron chi connectivity index (χ4n) is 2.00. The summed E-state index contributed by atoms with van der Waals surface area (Å²) in [4.78, 5) is 11.8. The fourth-order valence-corrected chi connectivity index (χ4v) is 2.27. The van der Waals surface area contributed by atoms with Gasteiger partial charge in [-0.05, 0) is 42.3 Å². The molecule has 0 spiro atoms. The third kappa shape index (κ3) is 5.06. The first-order valence-corrected chi connectivity index (χ1v) is 8.00. The minimum Gasteiger partial charge on any atom is -0.493 e. The van der Waals surface area contributed by atoms with Gasteiger partial charge in [0.25, 0.3) is 0 Å². The van der Waals surface area contributed by atoms with E-state index in [1.807, 2.05) is 6.92 Å². The summed E-state index contributed by atoms with van der Waals surface area (Å²) in [5.74, 6) is 1.51. The van der Waals surface area contributed by atoms with E-state index >= 15 is 0 Å². The van der Waals surface area contributed by atoms with Crippen LogP contribution in [0.15, 0.2) is 41.0 Å². The largest absolute Gasteiger partial charge is 0.493 e. The lowest BCUT2D eigenvalue weighted by Gasteiger charge is -2.12. The van der Waals surface area contributed by atoms with E-state index in [-0.39, 0.29) is 5.91 Å². The molecule has 1 aromatic carbocycles. The summed E-state index contributed by atoms with van der Waals surface area (Å²) >= 11 is 6.24. The van der Waals surface area contributed by atoms with Crippen molar-refractivity contribution in [2.75, 3.05) is 13.7 Å². The SMILES string of the molecule is CCCOc1c(Cl)cc(/C=C/C(=O)NCc2ccco2)cc1OC. The number of methoxy groups -OCH3 is 1. The highest BCUT2D eigenvalue weighted by Crippen LogP contribution is 2.36. The van der Waals surface area contributed by atoms with E-state index in [0.717, 1.165) is 12.0 Å². The zero-order chi connectivity index (χ0) is 17.4. The number of amides is 1. The third-order valence-electron chi connectivity index (χ3n) is 3.15. The number of halogens is 1. The van der Waals surface area contributed by atoms with E-state index in [2.05, 4.69) is 5.32 Å². The maximum atomic E-state index is 11.8. The van der Waals surface area contributed by atoms with Crippen molar-refractivity contribution in [1.29, 1.82) is 0 Å². The highest BCUT2D eigenvalue weighted by atomic mass is 35.5. The summed E-state index contributed by atoms with van der Waals surface area (Å²) in [6.45, 7) is 2.91. The van der Waals surface area contributed by atoms with Gasteiger partial charge in [-0.1, -0.05) is 18.5 Å². The number of ether oxygens (including phenoxy) is 2. The lowest BCUT2D eigenvalue weighted by atomic mass is 10.2. The first kappa shape index (κ1) is 17.9. The number of nitrogens with one attached hydrogen (secondary N) is 1. The summed E-state index contributed by atoms with van der Waals surface area (Å²) in [6.07, 6.45) is 5.53. The van der Waals surface area contributed by atoms with E-state index in [4.69, 9.17) is 25.5 Å². The Balaban J connectivity index is 2.02. The van der Waals surface area contributed by atoms with Gasteiger partial charge >= 0.3 is 0 Å². The summed E-state index contributed by atoms with van der Waals surface area (Å²) < 4.78 is 16.1. The predicted molar refractivity (Wildman–Crippen MR) is 93.4 cm³/mol. The van der Waals surface area contributed by atoms with Crippen LogP contribution >= 0.6 is 11.6 Å². The van der Waals surface area contributed by atoms with Gasteiger partial charge in [0.15, 0.2) is 11.5 Å². The minimum absolute atomic E-state index is 0.229. The number of hydrogen-bond acceptors (Lipinski definition) is 4. The molecule has 128 valence electrons. The molecule has 0 aliphatic heterocycles. The van der Waals surface area contributed by atoms with Gasteiger partial charge in [-0.3, -0.25) is 4.79 Å². The van der Waals surface area contributed by atoms with Crippen LogP contribution in [-0.2, 0) is 11.3 Å². The van der Waals surface area contributed by atoms with E-state index in [9.17, 15) is 4.79 Å². The van der Waals surface area contributed by atoms with Crippen molar-refractivity contribution in [3.63, 3.8) is 0 Å². The summed E-state index contributed by atoms with van der Waals surface area (Å²) in [7, 11) is 1.55. The van der Waals surface area contributed by atoms with Crippen molar-refractivity contribution < 1.29 is 18.7 Å². The molecule has 1 heterocycles. The van der Waals surface area contributed by atoms with Crippen LogP contribution in [0.25, 0.3) is 6.08 Å². The molecule has 1 amide bonds. The molecule has 2 aromatic rings. The molecule has 0 radical (unpaired) electrons. The Morgan fingerprint density at radius 1 is 1.42 bits per heavy atom. The van der Waals surface area contributed by atoms with Gasteiger partial charge in [-0.2, -0.15) is 0 Å². The smallest absolute Gasteiger partial charge is 0.244 e. The normalized spacial score (nSPS) is 10.8. The van der Waals surface area contributed by atoms with Gasteiger partial charge in [0.05, 0.1) is 31.5 Å². The maximum absolute atomic E-state index is 11.8. The molecule has 0 saturated heterocycles. The van der Waals surface area contributed by atoms with Crippen LogP contribution in [0.4, 0.5) is 0 Å². The lowest BCUT2D eigenvalue weighted by molar-refractivity contribution is -0.116. The second-order valence-corrected chi connectivity index (χ2v) is 5.42. The highest BCUT2D eigenvalue weighted by molar-refractivity contribution is 6.32. The lowest BCUT2D eigenvalue weighted by Crippen LogP contribution is -2.19. The van der Waals surface area contributed by atoms with Crippen LogP contribution in [0, 0.1) is 0 Å². The number of carbonyl (C=O) groups excluding carboxylic acids is 1. The number of rotatable bonds is 8. The van der Waals surface area contributed by atoms with Gasteiger partial charge in [0.1, 0.15) is 5.76 Å². The van der Waals surface area contributed by atoms with Gasteiger partial charge in [0.2, 0.25) is 5.91 Å². The second-order valence-electron chi connectivity index (χ2n) is 5.01. The summed E-state index contributed by atoms with van der Waals surface area (Å²) in [5.41, 5.74) is 0.744. The molecule has 0 fully saturated rings. The van der Waals surface area contributed by atoms with Crippen LogP contribution in [0.2, 0.25) is 5.02 Å². The second kappa shape index (κ2) is 9.03. The van der Waals surface area contributed by atoms with Gasteiger partial charge in [-0.25, -0.2) is 0 Å². The van der Waals surface area contributed by atoms with Crippen LogP contribution < -0.4 is 14.8 Å². The van der Waals surface area contributed by atoms with Crippen molar-refractivity contribution in [3.05, 3.63) is 53.0 Å². The number of benzene rings is 1. The fraction of sp³-hybridized carbons (Fsp3) is 0.278. The third-order valence-corrected chi connectivity index (χ3v) is 3.43. The highest BCUT2D eigenvalue weighted by Gasteiger charge is 2.11. The molecule has 0 aliphatic carbocycles. The molecule has 2 rings (SSSR count). The molecule has 5 nitrogen and oxygen atoms in total. The van der Waals surface area contributed by atoms with Crippen molar-refractivity contribution in [1.82, 2.24) is 5.32 Å². The quantitative estimate of drug-likeness (QED) is 0.730. The van der Waals surface area contributed by atoms with Gasteiger partial charge in [0, 0.05) is 6.08 Å². The monoisotopic (exact) mass is 349 g/mol. The standard InChI is InChI=1S/C18H20ClNO4/c1-3-8-24-18-15(19)10-13(11-16(18)22-2)6-7-17(21)20-12-14-5-4-9-23-14/h4-7,9-11H,3,8,12H2,1-2H3,(H,20,21)/b7-6+. The Kier molecular flexibility index (Phi) is 6.75. The zero-order valence-corrected chi connectivity index (χ0v) is 14.4. The first-order chi connectivity index (χ1) is 11.6. The molecule has 0 unspecified atom stereocenters. The van der Waals surface area contributed by atoms with Crippen LogP contribution in [0.5, 0.6) is 11.5 Å². The van der Waals surface area contributed by atoms with E-state index in [1.165, 1.54) is 6.08 Å². The maximum Gasteiger partial charge on any atom is 0.244 e. The molecule has 1 N–H and O–H groups in total. The zero-order valence-electron chi connectivity index (χ0n) is 13.7. The van der Waals surface area contributed by atoms with Crippen molar-refractivity contribution in [2.24, 2.45) is 0 Å². The van der Waals surface area contributed by atoms with Crippen molar-refractivity contribution in [3.8, 4) is 11.5 Å². The molecule has 0 aliphatic rings. The average Bonchev–Trinajstić information content (AvgIpc) is 3.10. The van der Waals surface area contributed by atoms with Crippen molar-refractivity contribution >= 4 is 23.6 Å². The number of carbonyl (C=O) groups is 1. The molecular weight excluding hydrogens is 330 g/mol. The summed E-state index contributed by atoms with van der Waals surface area (Å²) in [6, 6.07) is 7.07. The van der Waals surface area contributed by atoms with Crippen molar-refractivity contribution in [2.45, 2.75) is 19.9 Å². The van der Waals surface area contributed by atoms with E-state index in [1.54, 1.807) is 43.7 Å². The topological polar surface area (TPSA) is 60.7 Å². The van der Waals surface area contributed by atoms with Crippen LogP contribution in [0.1, 0.15) is 24.7 Å². The molecule has 6 heteroatoms. The molecule has 0 saturated carbocycles. The molecule has 24 heavy (non-hydrogen) atoms. The van der Waals surface area contributed by atoms with Gasteiger partial charge in [-0.15, -0.1) is 0 Å². The van der Waals surface area contributed by atoms with E-state index < -0.39 is 0 Å². The minimum atomic E-state index is -0.229.